The van der Waals surface area contributed by atoms with Crippen molar-refractivity contribution in [1.29, 1.82) is 0 Å². The third-order valence-electron chi connectivity index (χ3n) is 7.68. The summed E-state index contributed by atoms with van der Waals surface area (Å²) < 4.78 is 26.4. The summed E-state index contributed by atoms with van der Waals surface area (Å²) in [4.78, 5) is 13.1. The highest BCUT2D eigenvalue weighted by molar-refractivity contribution is 7.92. The average Bonchev–Trinajstić information content (AvgIpc) is 2.71. The molecule has 0 atom stereocenters. The third kappa shape index (κ3) is 4.29. The lowest BCUT2D eigenvalue weighted by molar-refractivity contribution is -0.0167. The molecule has 32 heavy (non-hydrogen) atoms. The summed E-state index contributed by atoms with van der Waals surface area (Å²) in [5.74, 6) is 2.28. The van der Waals surface area contributed by atoms with Crippen LogP contribution >= 0.6 is 0 Å². The van der Waals surface area contributed by atoms with Crippen LogP contribution in [0.25, 0.3) is 0 Å². The lowest BCUT2D eigenvalue weighted by Gasteiger charge is -2.56. The summed E-state index contributed by atoms with van der Waals surface area (Å²) in [6.07, 6.45) is 8.57. The fourth-order valence-corrected chi connectivity index (χ4v) is 7.50. The normalized spacial score (nSPS) is 28.5. The molecule has 4 aliphatic carbocycles. The van der Waals surface area contributed by atoms with E-state index in [1.807, 2.05) is 31.2 Å². The van der Waals surface area contributed by atoms with E-state index < -0.39 is 10.0 Å². The van der Waals surface area contributed by atoms with Crippen LogP contribution in [0.15, 0.2) is 48.5 Å². The monoisotopic (exact) mass is 452 g/mol. The number of nitrogens with zero attached hydrogens (tertiary/aromatic N) is 1. The van der Waals surface area contributed by atoms with Crippen molar-refractivity contribution in [3.8, 4) is 0 Å². The van der Waals surface area contributed by atoms with Gasteiger partial charge >= 0.3 is 0 Å². The van der Waals surface area contributed by atoms with Crippen molar-refractivity contribution in [2.45, 2.75) is 57.5 Å². The molecular formula is C26H32N2O3S. The van der Waals surface area contributed by atoms with Crippen LogP contribution in [0.5, 0.6) is 0 Å². The zero-order valence-corrected chi connectivity index (χ0v) is 19.7. The number of benzene rings is 2. The molecule has 1 amide bonds. The van der Waals surface area contributed by atoms with Crippen molar-refractivity contribution in [3.63, 3.8) is 0 Å². The number of amides is 1. The van der Waals surface area contributed by atoms with Gasteiger partial charge in [0.25, 0.3) is 5.91 Å². The van der Waals surface area contributed by atoms with Crippen LogP contribution in [-0.2, 0) is 16.6 Å². The van der Waals surface area contributed by atoms with Crippen LogP contribution in [-0.4, -0.2) is 26.1 Å². The molecule has 0 radical (unpaired) electrons. The molecule has 2 aromatic rings. The topological polar surface area (TPSA) is 66.5 Å². The van der Waals surface area contributed by atoms with Gasteiger partial charge in [0.15, 0.2) is 0 Å². The average molecular weight is 453 g/mol. The quantitative estimate of drug-likeness (QED) is 0.693. The maximum atomic E-state index is 13.1. The van der Waals surface area contributed by atoms with E-state index in [0.717, 1.165) is 48.1 Å². The second kappa shape index (κ2) is 7.91. The molecule has 0 aromatic heterocycles. The predicted octanol–water partition coefficient (Wildman–Crippen LogP) is 4.66. The van der Waals surface area contributed by atoms with E-state index in [4.69, 9.17) is 0 Å². The number of carbonyl (C=O) groups is 1. The minimum atomic E-state index is -3.46. The molecule has 4 saturated carbocycles. The van der Waals surface area contributed by atoms with Gasteiger partial charge in [-0.2, -0.15) is 0 Å². The third-order valence-corrected chi connectivity index (χ3v) is 8.82. The van der Waals surface area contributed by atoms with Gasteiger partial charge in [0.1, 0.15) is 0 Å². The van der Waals surface area contributed by atoms with Crippen molar-refractivity contribution in [2.75, 3.05) is 10.6 Å². The van der Waals surface area contributed by atoms with Crippen LogP contribution in [0, 0.1) is 24.7 Å². The summed E-state index contributed by atoms with van der Waals surface area (Å²) in [5.41, 5.74) is 3.18. The zero-order valence-electron chi connectivity index (χ0n) is 18.9. The first-order valence-electron chi connectivity index (χ1n) is 11.6. The molecule has 4 fully saturated rings. The SMILES string of the molecule is Cc1ccc(CN(c2ccc(C(=O)NC34CC5CC(CC(C5)C3)C4)cc2)S(C)(=O)=O)cc1. The first-order chi connectivity index (χ1) is 15.2. The maximum Gasteiger partial charge on any atom is 0.251 e. The molecule has 0 spiro atoms. The zero-order chi connectivity index (χ0) is 22.5. The Morgan fingerprint density at radius 2 is 1.47 bits per heavy atom. The summed E-state index contributed by atoms with van der Waals surface area (Å²) >= 11 is 0. The highest BCUT2D eigenvalue weighted by Gasteiger charge is 2.51. The molecule has 0 heterocycles. The molecule has 0 saturated heterocycles. The molecule has 6 rings (SSSR count). The van der Waals surface area contributed by atoms with Gasteiger partial charge in [-0.25, -0.2) is 8.42 Å². The van der Waals surface area contributed by atoms with Gasteiger partial charge in [-0.05, 0) is 93.0 Å². The predicted molar refractivity (Wildman–Crippen MR) is 127 cm³/mol. The lowest BCUT2D eigenvalue weighted by Crippen LogP contribution is -2.59. The van der Waals surface area contributed by atoms with E-state index in [0.29, 0.717) is 11.3 Å². The van der Waals surface area contributed by atoms with E-state index in [1.54, 1.807) is 24.3 Å². The number of carbonyl (C=O) groups excluding carboxylic acids is 1. The fourth-order valence-electron chi connectivity index (χ4n) is 6.62. The van der Waals surface area contributed by atoms with Crippen LogP contribution in [0.4, 0.5) is 5.69 Å². The van der Waals surface area contributed by atoms with E-state index in [1.165, 1.54) is 29.8 Å². The molecule has 4 aliphatic rings. The summed E-state index contributed by atoms with van der Waals surface area (Å²) in [5, 5.41) is 3.39. The second-order valence-corrected chi connectivity index (χ2v) is 12.4. The van der Waals surface area contributed by atoms with Gasteiger partial charge in [0.05, 0.1) is 18.5 Å². The number of rotatable bonds is 6. The van der Waals surface area contributed by atoms with Crippen molar-refractivity contribution in [1.82, 2.24) is 5.32 Å². The van der Waals surface area contributed by atoms with Crippen molar-refractivity contribution < 1.29 is 13.2 Å². The van der Waals surface area contributed by atoms with Crippen LogP contribution in [0.2, 0.25) is 0 Å². The van der Waals surface area contributed by atoms with Crippen LogP contribution in [0.1, 0.15) is 60.0 Å². The minimum Gasteiger partial charge on any atom is -0.347 e. The Morgan fingerprint density at radius 3 is 1.97 bits per heavy atom. The molecule has 170 valence electrons. The second-order valence-electron chi connectivity index (χ2n) is 10.5. The molecule has 2 aromatic carbocycles. The number of aryl methyl sites for hydroxylation is 1. The van der Waals surface area contributed by atoms with E-state index in [2.05, 4.69) is 5.32 Å². The van der Waals surface area contributed by atoms with E-state index in [-0.39, 0.29) is 18.0 Å². The standard InChI is InChI=1S/C26H32N2O3S/c1-18-3-5-19(6-4-18)17-28(32(2,30)31)24-9-7-23(8-10-24)25(29)27-26-14-20-11-21(15-26)13-22(12-20)16-26/h3-10,20-22H,11-17H2,1-2H3,(H,27,29). The highest BCUT2D eigenvalue weighted by atomic mass is 32.2. The van der Waals surface area contributed by atoms with Crippen molar-refractivity contribution >= 4 is 21.6 Å². The first kappa shape index (κ1) is 21.5. The Balaban J connectivity index is 1.32. The first-order valence-corrected chi connectivity index (χ1v) is 13.5. The Hall–Kier alpha value is -2.34. The van der Waals surface area contributed by atoms with Crippen LogP contribution in [0.3, 0.4) is 0 Å². The number of nitrogens with one attached hydrogen (secondary N) is 1. The summed E-state index contributed by atoms with van der Waals surface area (Å²) in [6, 6.07) is 14.8. The number of hydrogen-bond acceptors (Lipinski definition) is 3. The number of sulfonamides is 1. The van der Waals surface area contributed by atoms with E-state index >= 15 is 0 Å². The van der Waals surface area contributed by atoms with Gasteiger partial charge in [0.2, 0.25) is 10.0 Å². The Labute approximate surface area is 191 Å². The van der Waals surface area contributed by atoms with Gasteiger partial charge in [-0.15, -0.1) is 0 Å². The number of anilines is 1. The lowest BCUT2D eigenvalue weighted by atomic mass is 9.53. The molecule has 6 heteroatoms. The van der Waals surface area contributed by atoms with Gasteiger partial charge < -0.3 is 5.32 Å². The van der Waals surface area contributed by atoms with Gasteiger partial charge in [-0.1, -0.05) is 29.8 Å². The van der Waals surface area contributed by atoms with Gasteiger partial charge in [0, 0.05) is 11.1 Å². The van der Waals surface area contributed by atoms with Crippen molar-refractivity contribution in [2.24, 2.45) is 17.8 Å². The molecule has 5 nitrogen and oxygen atoms in total. The van der Waals surface area contributed by atoms with E-state index in [9.17, 15) is 13.2 Å². The van der Waals surface area contributed by atoms with Crippen molar-refractivity contribution in [3.05, 3.63) is 65.2 Å². The maximum absolute atomic E-state index is 13.1. The Bertz CT molecular complexity index is 1070. The Kier molecular flexibility index (Phi) is 5.31. The highest BCUT2D eigenvalue weighted by Crippen LogP contribution is 2.55. The molecule has 0 aliphatic heterocycles. The molecular weight excluding hydrogens is 420 g/mol. The molecule has 1 N–H and O–H groups in total. The largest absolute Gasteiger partial charge is 0.347 e. The molecule has 4 bridgehead atoms. The fraction of sp³-hybridized carbons (Fsp3) is 0.500. The Morgan fingerprint density at radius 1 is 0.938 bits per heavy atom. The summed E-state index contributed by atoms with van der Waals surface area (Å²) in [7, 11) is -3.46. The molecule has 0 unspecified atom stereocenters. The smallest absolute Gasteiger partial charge is 0.251 e. The minimum absolute atomic E-state index is 0.0330. The number of hydrogen-bond donors (Lipinski definition) is 1. The van der Waals surface area contributed by atoms with Crippen LogP contribution < -0.4 is 9.62 Å². The summed E-state index contributed by atoms with van der Waals surface area (Å²) in [6.45, 7) is 2.27. The van der Waals surface area contributed by atoms with Gasteiger partial charge in [-0.3, -0.25) is 9.10 Å².